The number of rotatable bonds is 2. The van der Waals surface area contributed by atoms with Crippen molar-refractivity contribution < 1.29 is 0 Å². The average Bonchev–Trinajstić information content (AvgIpc) is 3.09. The van der Waals surface area contributed by atoms with Crippen LogP contribution in [0.3, 0.4) is 0 Å². The van der Waals surface area contributed by atoms with Gasteiger partial charge in [0.2, 0.25) is 0 Å². The fourth-order valence-electron chi connectivity index (χ4n) is 2.39. The average molecular weight is 228 g/mol. The molecule has 3 rings (SSSR count). The smallest absolute Gasteiger partial charge is 0.271 e. The van der Waals surface area contributed by atoms with Crippen LogP contribution in [0.2, 0.25) is 0 Å². The van der Waals surface area contributed by atoms with E-state index in [0.717, 1.165) is 11.3 Å². The Morgan fingerprint density at radius 1 is 1.24 bits per heavy atom. The Labute approximate surface area is 100 Å². The predicted octanol–water partition coefficient (Wildman–Crippen LogP) is 2.36. The largest absolute Gasteiger partial charge is 0.285 e. The fraction of sp³-hybridized carbons (Fsp3) is 0.357. The summed E-state index contributed by atoms with van der Waals surface area (Å²) in [6.45, 7) is 2.03. The molecule has 1 heterocycles. The van der Waals surface area contributed by atoms with Crippen molar-refractivity contribution in [2.75, 3.05) is 0 Å². The number of nitrogens with zero attached hydrogens (tertiary/aromatic N) is 2. The Hall–Kier alpha value is -1.77. The summed E-state index contributed by atoms with van der Waals surface area (Å²) in [5.41, 5.74) is 3.34. The van der Waals surface area contributed by atoms with Crippen LogP contribution < -0.4 is 5.56 Å². The second-order valence-corrected chi connectivity index (χ2v) is 4.80. The summed E-state index contributed by atoms with van der Waals surface area (Å²) in [6.07, 6.45) is 2.43. The molecule has 3 nitrogen and oxygen atoms in total. The Morgan fingerprint density at radius 2 is 1.94 bits per heavy atom. The third-order valence-electron chi connectivity index (χ3n) is 3.49. The van der Waals surface area contributed by atoms with Gasteiger partial charge in [0.05, 0.1) is 5.69 Å². The molecule has 0 radical (unpaired) electrons. The number of benzene rings is 1. The van der Waals surface area contributed by atoms with Crippen molar-refractivity contribution >= 4 is 0 Å². The standard InChI is InChI=1S/C14H16N2O/c1-10-5-3-4-6-12(10)16-14(17)9-13(15(16)2)11-7-8-11/h3-6,9,11H,7-8H2,1-2H3. The predicted molar refractivity (Wildman–Crippen MR) is 67.7 cm³/mol. The minimum absolute atomic E-state index is 0.0729. The van der Waals surface area contributed by atoms with E-state index in [1.165, 1.54) is 18.5 Å². The molecule has 3 heteroatoms. The lowest BCUT2D eigenvalue weighted by molar-refractivity contribution is 0.614. The van der Waals surface area contributed by atoms with E-state index in [0.29, 0.717) is 5.92 Å². The number of aromatic nitrogens is 2. The van der Waals surface area contributed by atoms with Crippen LogP contribution in [0.4, 0.5) is 0 Å². The summed E-state index contributed by atoms with van der Waals surface area (Å²) in [6, 6.07) is 9.77. The van der Waals surface area contributed by atoms with Gasteiger partial charge < -0.3 is 0 Å². The van der Waals surface area contributed by atoms with Crippen LogP contribution in [0, 0.1) is 6.92 Å². The maximum absolute atomic E-state index is 12.1. The molecular weight excluding hydrogens is 212 g/mol. The number of aryl methyl sites for hydroxylation is 1. The molecule has 2 aromatic rings. The Bertz CT molecular complexity index is 617. The Balaban J connectivity index is 2.21. The van der Waals surface area contributed by atoms with Gasteiger partial charge in [0.15, 0.2) is 0 Å². The van der Waals surface area contributed by atoms with Gasteiger partial charge in [-0.2, -0.15) is 0 Å². The second kappa shape index (κ2) is 3.62. The van der Waals surface area contributed by atoms with Crippen LogP contribution in [0.5, 0.6) is 0 Å². The summed E-state index contributed by atoms with van der Waals surface area (Å²) < 4.78 is 3.77. The summed E-state index contributed by atoms with van der Waals surface area (Å²) in [7, 11) is 1.97. The molecule has 1 aromatic heterocycles. The summed E-state index contributed by atoms with van der Waals surface area (Å²) in [5, 5.41) is 0. The molecule has 0 N–H and O–H groups in total. The van der Waals surface area contributed by atoms with Crippen molar-refractivity contribution in [3.05, 3.63) is 51.9 Å². The molecule has 1 saturated carbocycles. The van der Waals surface area contributed by atoms with E-state index in [9.17, 15) is 4.79 Å². The molecule has 0 unspecified atom stereocenters. The topological polar surface area (TPSA) is 26.9 Å². The van der Waals surface area contributed by atoms with E-state index in [4.69, 9.17) is 0 Å². The van der Waals surface area contributed by atoms with Crippen molar-refractivity contribution in [2.24, 2.45) is 7.05 Å². The highest BCUT2D eigenvalue weighted by atomic mass is 16.1. The molecular formula is C14H16N2O. The van der Waals surface area contributed by atoms with Gasteiger partial charge >= 0.3 is 0 Å². The molecule has 1 fully saturated rings. The molecule has 17 heavy (non-hydrogen) atoms. The lowest BCUT2D eigenvalue weighted by atomic mass is 10.2. The Kier molecular flexibility index (Phi) is 2.21. The highest BCUT2D eigenvalue weighted by Crippen LogP contribution is 2.39. The molecule has 0 amide bonds. The summed E-state index contributed by atoms with van der Waals surface area (Å²) in [4.78, 5) is 12.1. The highest BCUT2D eigenvalue weighted by molar-refractivity contribution is 5.40. The fourth-order valence-corrected chi connectivity index (χ4v) is 2.39. The SMILES string of the molecule is Cc1ccccc1-n1c(=O)cc(C2CC2)n1C. The first-order valence-corrected chi connectivity index (χ1v) is 6.03. The highest BCUT2D eigenvalue weighted by Gasteiger charge is 2.28. The van der Waals surface area contributed by atoms with Gasteiger partial charge in [0.1, 0.15) is 0 Å². The lowest BCUT2D eigenvalue weighted by Crippen LogP contribution is -2.20. The van der Waals surface area contributed by atoms with E-state index in [1.807, 2.05) is 42.9 Å². The molecule has 88 valence electrons. The second-order valence-electron chi connectivity index (χ2n) is 4.80. The quantitative estimate of drug-likeness (QED) is 0.775. The number of para-hydroxylation sites is 1. The van der Waals surface area contributed by atoms with E-state index in [-0.39, 0.29) is 5.56 Å². The molecule has 1 aliphatic carbocycles. The van der Waals surface area contributed by atoms with Gasteiger partial charge in [-0.3, -0.25) is 9.48 Å². The molecule has 0 spiro atoms. The van der Waals surface area contributed by atoms with Crippen molar-refractivity contribution in [1.29, 1.82) is 0 Å². The van der Waals surface area contributed by atoms with E-state index in [2.05, 4.69) is 0 Å². The molecule has 0 saturated heterocycles. The van der Waals surface area contributed by atoms with Crippen LogP contribution in [0.25, 0.3) is 5.69 Å². The van der Waals surface area contributed by atoms with Gasteiger partial charge in [0.25, 0.3) is 5.56 Å². The van der Waals surface area contributed by atoms with E-state index < -0.39 is 0 Å². The molecule has 0 atom stereocenters. The monoisotopic (exact) mass is 228 g/mol. The minimum atomic E-state index is 0.0729. The van der Waals surface area contributed by atoms with Crippen molar-refractivity contribution in [1.82, 2.24) is 9.36 Å². The summed E-state index contributed by atoms with van der Waals surface area (Å²) in [5.74, 6) is 0.595. The normalized spacial score (nSPS) is 15.2. The lowest BCUT2D eigenvalue weighted by Gasteiger charge is -2.11. The van der Waals surface area contributed by atoms with Gasteiger partial charge in [0, 0.05) is 24.7 Å². The first-order valence-electron chi connectivity index (χ1n) is 6.03. The van der Waals surface area contributed by atoms with Crippen molar-refractivity contribution in [2.45, 2.75) is 25.7 Å². The van der Waals surface area contributed by atoms with Crippen LogP contribution in [0.1, 0.15) is 30.0 Å². The first kappa shape index (κ1) is 10.4. The van der Waals surface area contributed by atoms with E-state index in [1.54, 1.807) is 10.7 Å². The zero-order valence-electron chi connectivity index (χ0n) is 10.2. The van der Waals surface area contributed by atoms with Gasteiger partial charge in [-0.1, -0.05) is 18.2 Å². The molecule has 0 bridgehead atoms. The van der Waals surface area contributed by atoms with Gasteiger partial charge in [-0.25, -0.2) is 4.68 Å². The van der Waals surface area contributed by atoms with Crippen LogP contribution in [-0.4, -0.2) is 9.36 Å². The maximum atomic E-state index is 12.1. The van der Waals surface area contributed by atoms with Crippen molar-refractivity contribution in [3.8, 4) is 5.69 Å². The van der Waals surface area contributed by atoms with Crippen molar-refractivity contribution in [3.63, 3.8) is 0 Å². The third-order valence-corrected chi connectivity index (χ3v) is 3.49. The number of hydrogen-bond donors (Lipinski definition) is 0. The van der Waals surface area contributed by atoms with Gasteiger partial charge in [-0.15, -0.1) is 0 Å². The maximum Gasteiger partial charge on any atom is 0.271 e. The summed E-state index contributed by atoms with van der Waals surface area (Å²) >= 11 is 0. The molecule has 1 aliphatic rings. The van der Waals surface area contributed by atoms with Crippen LogP contribution in [-0.2, 0) is 7.05 Å². The molecule has 0 aliphatic heterocycles. The van der Waals surface area contributed by atoms with Crippen LogP contribution >= 0.6 is 0 Å². The van der Waals surface area contributed by atoms with Crippen LogP contribution in [0.15, 0.2) is 35.1 Å². The zero-order valence-corrected chi connectivity index (χ0v) is 10.2. The first-order chi connectivity index (χ1) is 8.18. The third kappa shape index (κ3) is 1.62. The molecule has 1 aromatic carbocycles. The zero-order chi connectivity index (χ0) is 12.0. The van der Waals surface area contributed by atoms with E-state index >= 15 is 0 Å². The number of hydrogen-bond acceptors (Lipinski definition) is 1. The van der Waals surface area contributed by atoms with Gasteiger partial charge in [-0.05, 0) is 31.4 Å². The Morgan fingerprint density at radius 3 is 2.59 bits per heavy atom. The minimum Gasteiger partial charge on any atom is -0.285 e.